The van der Waals surface area contributed by atoms with Gasteiger partial charge in [-0.1, -0.05) is 0 Å². The molecule has 1 saturated heterocycles. The highest BCUT2D eigenvalue weighted by molar-refractivity contribution is 5.74. The standard InChI is InChI=1S/C21H14F7N7O4/c22-19(23)9-34(8-14(19)38-15-2-1-10(6-30-15)39-21(27,28)20(24,25)26)13-5-12(33-35-4-3-29-16(13)35)11-7-31-18(37)32-17(11)36/h1-7,14H,8-9H2,(H2,31,32,36,37)/t14-/m1/s1. The van der Waals surface area contributed by atoms with Crippen LogP contribution in [0.15, 0.2) is 52.6 Å². The maximum atomic E-state index is 14.9. The molecule has 4 aromatic heterocycles. The van der Waals surface area contributed by atoms with Gasteiger partial charge in [0.15, 0.2) is 11.8 Å². The predicted octanol–water partition coefficient (Wildman–Crippen LogP) is 2.60. The van der Waals surface area contributed by atoms with Crippen molar-refractivity contribution in [3.8, 4) is 22.9 Å². The molecule has 39 heavy (non-hydrogen) atoms. The number of halogens is 7. The molecular formula is C21H14F7N7O4. The van der Waals surface area contributed by atoms with Crippen LogP contribution < -0.4 is 25.6 Å². The second kappa shape index (κ2) is 8.98. The van der Waals surface area contributed by atoms with Crippen molar-refractivity contribution in [1.82, 2.24) is 29.5 Å². The van der Waals surface area contributed by atoms with Crippen molar-refractivity contribution < 1.29 is 40.2 Å². The fourth-order valence-electron chi connectivity index (χ4n) is 3.77. The molecule has 0 spiro atoms. The van der Waals surface area contributed by atoms with Crippen molar-refractivity contribution in [3.63, 3.8) is 0 Å². The summed E-state index contributed by atoms with van der Waals surface area (Å²) in [6.07, 6.45) is -8.93. The maximum Gasteiger partial charge on any atom is 0.499 e. The molecule has 206 valence electrons. The van der Waals surface area contributed by atoms with E-state index in [1.54, 1.807) is 0 Å². The number of nitrogens with zero attached hydrogens (tertiary/aromatic N) is 5. The van der Waals surface area contributed by atoms with Crippen LogP contribution in [0, 0.1) is 0 Å². The van der Waals surface area contributed by atoms with Gasteiger partial charge in [0.1, 0.15) is 11.4 Å². The van der Waals surface area contributed by atoms with Gasteiger partial charge in [0, 0.05) is 24.7 Å². The largest absolute Gasteiger partial charge is 0.499 e. The molecule has 0 unspecified atom stereocenters. The smallest absolute Gasteiger partial charge is 0.466 e. The first-order valence-corrected chi connectivity index (χ1v) is 10.8. The number of H-pyrrole nitrogens is 2. The lowest BCUT2D eigenvalue weighted by atomic mass is 10.2. The Labute approximate surface area is 210 Å². The molecule has 0 aliphatic carbocycles. The summed E-state index contributed by atoms with van der Waals surface area (Å²) in [5.41, 5.74) is -1.22. The van der Waals surface area contributed by atoms with Gasteiger partial charge < -0.3 is 19.4 Å². The lowest BCUT2D eigenvalue weighted by molar-refractivity contribution is -0.360. The van der Waals surface area contributed by atoms with E-state index in [4.69, 9.17) is 4.74 Å². The van der Waals surface area contributed by atoms with Crippen molar-refractivity contribution in [1.29, 1.82) is 0 Å². The van der Waals surface area contributed by atoms with Gasteiger partial charge in [0.25, 0.3) is 5.56 Å². The van der Waals surface area contributed by atoms with Gasteiger partial charge in [-0.05, 0) is 12.1 Å². The Hall–Kier alpha value is -4.64. The summed E-state index contributed by atoms with van der Waals surface area (Å²) in [6, 6.07) is 2.80. The number of aromatic amines is 2. The molecule has 4 aromatic rings. The molecule has 0 saturated carbocycles. The summed E-state index contributed by atoms with van der Waals surface area (Å²) in [7, 11) is 0. The number of anilines is 1. The number of hydrogen-bond donors (Lipinski definition) is 2. The van der Waals surface area contributed by atoms with Gasteiger partial charge in [-0.15, -0.1) is 0 Å². The highest BCUT2D eigenvalue weighted by atomic mass is 19.4. The summed E-state index contributed by atoms with van der Waals surface area (Å²) in [6.45, 7) is -1.31. The summed E-state index contributed by atoms with van der Waals surface area (Å²) < 4.78 is 103. The van der Waals surface area contributed by atoms with E-state index in [0.717, 1.165) is 12.3 Å². The van der Waals surface area contributed by atoms with Gasteiger partial charge in [-0.25, -0.2) is 28.1 Å². The van der Waals surface area contributed by atoms with Crippen LogP contribution >= 0.6 is 0 Å². The highest BCUT2D eigenvalue weighted by Crippen LogP contribution is 2.38. The van der Waals surface area contributed by atoms with Crippen LogP contribution in [0.25, 0.3) is 16.9 Å². The first-order valence-electron chi connectivity index (χ1n) is 10.8. The fourth-order valence-corrected chi connectivity index (χ4v) is 3.77. The first kappa shape index (κ1) is 26.0. The molecule has 0 amide bonds. The molecule has 1 aliphatic heterocycles. The molecule has 1 aliphatic rings. The topological polar surface area (TPSA) is 130 Å². The molecule has 1 fully saturated rings. The van der Waals surface area contributed by atoms with Gasteiger partial charge in [-0.3, -0.25) is 9.78 Å². The van der Waals surface area contributed by atoms with Crippen molar-refractivity contribution >= 4 is 11.3 Å². The highest BCUT2D eigenvalue weighted by Gasteiger charge is 2.61. The van der Waals surface area contributed by atoms with Crippen LogP contribution in [0.3, 0.4) is 0 Å². The average Bonchev–Trinajstić information content (AvgIpc) is 3.42. The number of rotatable bonds is 6. The van der Waals surface area contributed by atoms with Crippen molar-refractivity contribution in [3.05, 3.63) is 63.8 Å². The Morgan fingerprint density at radius 3 is 2.54 bits per heavy atom. The quantitative estimate of drug-likeness (QED) is 0.344. The molecular weight excluding hydrogens is 547 g/mol. The number of alkyl halides is 7. The van der Waals surface area contributed by atoms with Crippen molar-refractivity contribution in [2.45, 2.75) is 24.3 Å². The molecule has 0 aromatic carbocycles. The minimum Gasteiger partial charge on any atom is -0.466 e. The molecule has 0 bridgehead atoms. The van der Waals surface area contributed by atoms with Crippen LogP contribution in [0.2, 0.25) is 0 Å². The zero-order chi connectivity index (χ0) is 28.2. The van der Waals surface area contributed by atoms with Crippen LogP contribution in [0.1, 0.15) is 0 Å². The first-order chi connectivity index (χ1) is 18.2. The van der Waals surface area contributed by atoms with Crippen LogP contribution in [-0.4, -0.2) is 67.0 Å². The third kappa shape index (κ3) is 4.96. The molecule has 11 nitrogen and oxygen atoms in total. The third-order valence-electron chi connectivity index (χ3n) is 5.58. The SMILES string of the molecule is O=c1[nH]cc(-c2cc(N3C[C@@H](Oc4ccc(OC(F)(F)C(F)(F)F)cn4)C(F)(F)C3)c3nccn3n2)c(=O)[nH]1. The van der Waals surface area contributed by atoms with Crippen LogP contribution in [0.4, 0.5) is 36.4 Å². The molecule has 1 atom stereocenters. The number of imidazole rings is 1. The normalized spacial score (nSPS) is 17.5. The molecule has 5 heterocycles. The number of fused-ring (bicyclic) bond motifs is 1. The van der Waals surface area contributed by atoms with Crippen molar-refractivity contribution in [2.24, 2.45) is 0 Å². The molecule has 2 N–H and O–H groups in total. The Bertz CT molecular complexity index is 1630. The Morgan fingerprint density at radius 2 is 1.87 bits per heavy atom. The molecule has 18 heteroatoms. The molecule has 0 radical (unpaired) electrons. The van der Waals surface area contributed by atoms with E-state index in [1.807, 2.05) is 4.98 Å². The lowest BCUT2D eigenvalue weighted by Crippen LogP contribution is -2.41. The van der Waals surface area contributed by atoms with E-state index in [1.165, 1.54) is 27.9 Å². The van der Waals surface area contributed by atoms with E-state index in [0.29, 0.717) is 12.3 Å². The third-order valence-corrected chi connectivity index (χ3v) is 5.58. The fraction of sp³-hybridized carbons (Fsp3) is 0.286. The zero-order valence-corrected chi connectivity index (χ0v) is 19.0. The summed E-state index contributed by atoms with van der Waals surface area (Å²) in [5.74, 6) is -4.93. The Balaban J connectivity index is 1.39. The zero-order valence-electron chi connectivity index (χ0n) is 19.0. The van der Waals surface area contributed by atoms with E-state index in [2.05, 4.69) is 24.8 Å². The summed E-state index contributed by atoms with van der Waals surface area (Å²) in [4.78, 5) is 36.8. The van der Waals surface area contributed by atoms with Gasteiger partial charge >= 0.3 is 23.9 Å². The van der Waals surface area contributed by atoms with Crippen molar-refractivity contribution in [2.75, 3.05) is 18.0 Å². The second-order valence-corrected chi connectivity index (χ2v) is 8.29. The minimum atomic E-state index is -5.98. The number of pyridine rings is 1. The minimum absolute atomic E-state index is 0.0357. The second-order valence-electron chi connectivity index (χ2n) is 8.29. The van der Waals surface area contributed by atoms with E-state index in [9.17, 15) is 40.3 Å². The number of nitrogens with one attached hydrogen (secondary N) is 2. The molecule has 5 rings (SSSR count). The summed E-state index contributed by atoms with van der Waals surface area (Å²) >= 11 is 0. The number of ether oxygens (including phenoxy) is 2. The van der Waals surface area contributed by atoms with Gasteiger partial charge in [0.2, 0.25) is 5.88 Å². The number of aromatic nitrogens is 6. The Kier molecular flexibility index (Phi) is 5.99. The summed E-state index contributed by atoms with van der Waals surface area (Å²) in [5, 5.41) is 4.22. The van der Waals surface area contributed by atoms with Gasteiger partial charge in [0.05, 0.1) is 30.5 Å². The Morgan fingerprint density at radius 1 is 1.10 bits per heavy atom. The lowest BCUT2D eigenvalue weighted by Gasteiger charge is -2.21. The van der Waals surface area contributed by atoms with Gasteiger partial charge in [-0.2, -0.15) is 27.1 Å². The van der Waals surface area contributed by atoms with E-state index in [-0.39, 0.29) is 22.6 Å². The predicted molar refractivity (Wildman–Crippen MR) is 117 cm³/mol. The van der Waals surface area contributed by atoms with E-state index < -0.39 is 60.3 Å². The average molecular weight is 561 g/mol. The monoisotopic (exact) mass is 561 g/mol. The van der Waals surface area contributed by atoms with Crippen LogP contribution in [-0.2, 0) is 0 Å². The van der Waals surface area contributed by atoms with E-state index >= 15 is 0 Å². The number of hydrogen-bond acceptors (Lipinski definition) is 8. The maximum absolute atomic E-state index is 14.9. The van der Waals surface area contributed by atoms with Crippen LogP contribution in [0.5, 0.6) is 11.6 Å².